The van der Waals surface area contributed by atoms with Crippen molar-refractivity contribution in [2.24, 2.45) is 11.8 Å². The fraction of sp³-hybridized carbons (Fsp3) is 1.00. The number of nitrogens with zero attached hydrogens (tertiary/aromatic N) is 1. The molecule has 1 fully saturated rings. The highest BCUT2D eigenvalue weighted by Gasteiger charge is 2.34. The highest BCUT2D eigenvalue weighted by molar-refractivity contribution is 9.09. The first kappa shape index (κ1) is 12.5. The van der Waals surface area contributed by atoms with Crippen molar-refractivity contribution in [1.82, 2.24) is 4.31 Å². The largest absolute Gasteiger partial charge is 0.214 e. The van der Waals surface area contributed by atoms with Crippen molar-refractivity contribution in [3.05, 3.63) is 0 Å². The van der Waals surface area contributed by atoms with Crippen LogP contribution in [0.25, 0.3) is 0 Å². The van der Waals surface area contributed by atoms with Crippen molar-refractivity contribution in [2.45, 2.75) is 25.6 Å². The molecule has 0 amide bonds. The minimum atomic E-state index is -3.02. The van der Waals surface area contributed by atoms with Crippen LogP contribution in [-0.4, -0.2) is 36.4 Å². The maximum atomic E-state index is 11.8. The first-order chi connectivity index (χ1) is 6.33. The average molecular weight is 284 g/mol. The van der Waals surface area contributed by atoms with Gasteiger partial charge in [-0.2, -0.15) is 0 Å². The van der Waals surface area contributed by atoms with E-state index in [4.69, 9.17) is 0 Å². The van der Waals surface area contributed by atoms with Crippen LogP contribution < -0.4 is 0 Å². The molecular weight excluding hydrogens is 266 g/mol. The van der Waals surface area contributed by atoms with Crippen molar-refractivity contribution in [3.63, 3.8) is 0 Å². The van der Waals surface area contributed by atoms with Crippen LogP contribution in [-0.2, 0) is 10.0 Å². The summed E-state index contributed by atoms with van der Waals surface area (Å²) >= 11 is 3.50. The van der Waals surface area contributed by atoms with Gasteiger partial charge in [0, 0.05) is 17.9 Å². The molecule has 0 radical (unpaired) electrons. The summed E-state index contributed by atoms with van der Waals surface area (Å²) < 4.78 is 25.3. The summed E-state index contributed by atoms with van der Waals surface area (Å²) in [6, 6.07) is 0. The second-order valence-corrected chi connectivity index (χ2v) is 7.67. The Kier molecular flexibility index (Phi) is 4.00. The molecular formula is C9H18BrNO2S. The highest BCUT2D eigenvalue weighted by Crippen LogP contribution is 2.25. The number of sulfonamides is 1. The van der Waals surface area contributed by atoms with Gasteiger partial charge in [-0.25, -0.2) is 12.7 Å². The molecule has 84 valence electrons. The number of halogens is 1. The Morgan fingerprint density at radius 2 is 2.00 bits per heavy atom. The number of rotatable bonds is 3. The van der Waals surface area contributed by atoms with Gasteiger partial charge in [0.25, 0.3) is 0 Å². The third-order valence-corrected chi connectivity index (χ3v) is 5.79. The molecule has 0 N–H and O–H groups in total. The SMILES string of the molecule is CC(C)CS(=O)(=O)N1CC(C)C(Br)C1. The molecule has 2 atom stereocenters. The van der Waals surface area contributed by atoms with Gasteiger partial charge >= 0.3 is 0 Å². The molecule has 5 heteroatoms. The van der Waals surface area contributed by atoms with E-state index in [2.05, 4.69) is 22.9 Å². The lowest BCUT2D eigenvalue weighted by Gasteiger charge is -2.17. The minimum Gasteiger partial charge on any atom is -0.212 e. The normalized spacial score (nSPS) is 30.1. The monoisotopic (exact) mass is 283 g/mol. The van der Waals surface area contributed by atoms with Gasteiger partial charge in [0.1, 0.15) is 0 Å². The zero-order chi connectivity index (χ0) is 10.9. The molecule has 14 heavy (non-hydrogen) atoms. The topological polar surface area (TPSA) is 37.4 Å². The molecule has 1 rings (SSSR count). The molecule has 0 bridgehead atoms. The summed E-state index contributed by atoms with van der Waals surface area (Å²) in [5, 5.41) is 0. The third kappa shape index (κ3) is 2.94. The molecule has 0 aromatic carbocycles. The Bertz CT molecular complexity index is 279. The van der Waals surface area contributed by atoms with E-state index in [-0.39, 0.29) is 11.7 Å². The van der Waals surface area contributed by atoms with E-state index in [9.17, 15) is 8.42 Å². The van der Waals surface area contributed by atoms with Gasteiger partial charge in [-0.3, -0.25) is 0 Å². The summed E-state index contributed by atoms with van der Waals surface area (Å²) in [6.07, 6.45) is 0. The zero-order valence-electron chi connectivity index (χ0n) is 8.90. The lowest BCUT2D eigenvalue weighted by Crippen LogP contribution is -2.32. The molecule has 1 heterocycles. The first-order valence-electron chi connectivity index (χ1n) is 4.95. The van der Waals surface area contributed by atoms with Crippen LogP contribution in [0.1, 0.15) is 20.8 Å². The van der Waals surface area contributed by atoms with Crippen LogP contribution in [0.3, 0.4) is 0 Å². The van der Waals surface area contributed by atoms with Gasteiger partial charge < -0.3 is 0 Å². The Morgan fingerprint density at radius 1 is 1.43 bits per heavy atom. The standard InChI is InChI=1S/C9H18BrNO2S/c1-7(2)6-14(12,13)11-4-8(3)9(10)5-11/h7-9H,4-6H2,1-3H3. The van der Waals surface area contributed by atoms with E-state index in [0.29, 0.717) is 23.8 Å². The Labute approximate surface area is 95.0 Å². The molecule has 0 aromatic heterocycles. The quantitative estimate of drug-likeness (QED) is 0.740. The van der Waals surface area contributed by atoms with Gasteiger partial charge in [-0.15, -0.1) is 0 Å². The lowest BCUT2D eigenvalue weighted by atomic mass is 10.2. The Balaban J connectivity index is 2.66. The number of hydrogen-bond acceptors (Lipinski definition) is 2. The maximum Gasteiger partial charge on any atom is 0.214 e. The van der Waals surface area contributed by atoms with E-state index >= 15 is 0 Å². The van der Waals surface area contributed by atoms with Crippen LogP contribution >= 0.6 is 15.9 Å². The van der Waals surface area contributed by atoms with Crippen molar-refractivity contribution in [2.75, 3.05) is 18.8 Å². The molecule has 3 nitrogen and oxygen atoms in total. The van der Waals surface area contributed by atoms with E-state index < -0.39 is 10.0 Å². The highest BCUT2D eigenvalue weighted by atomic mass is 79.9. The molecule has 2 unspecified atom stereocenters. The molecule has 0 aliphatic carbocycles. The molecule has 0 aromatic rings. The van der Waals surface area contributed by atoms with Crippen molar-refractivity contribution in [1.29, 1.82) is 0 Å². The number of alkyl halides is 1. The molecule has 1 aliphatic heterocycles. The summed E-state index contributed by atoms with van der Waals surface area (Å²) in [6.45, 7) is 7.22. The van der Waals surface area contributed by atoms with Gasteiger partial charge in [0.05, 0.1) is 5.75 Å². The van der Waals surface area contributed by atoms with Crippen LogP contribution in [0.4, 0.5) is 0 Å². The van der Waals surface area contributed by atoms with Gasteiger partial charge in [0.15, 0.2) is 0 Å². The summed E-state index contributed by atoms with van der Waals surface area (Å²) in [4.78, 5) is 0.310. The summed E-state index contributed by atoms with van der Waals surface area (Å²) in [5.41, 5.74) is 0. The predicted molar refractivity (Wildman–Crippen MR) is 62.1 cm³/mol. The molecule has 1 aliphatic rings. The van der Waals surface area contributed by atoms with Crippen LogP contribution in [0.5, 0.6) is 0 Å². The molecule has 0 saturated carbocycles. The van der Waals surface area contributed by atoms with Gasteiger partial charge in [-0.1, -0.05) is 36.7 Å². The van der Waals surface area contributed by atoms with Crippen LogP contribution in [0.2, 0.25) is 0 Å². The summed E-state index contributed by atoms with van der Waals surface area (Å²) in [5.74, 6) is 0.876. The van der Waals surface area contributed by atoms with E-state index in [1.807, 2.05) is 13.8 Å². The van der Waals surface area contributed by atoms with Crippen LogP contribution in [0, 0.1) is 11.8 Å². The Morgan fingerprint density at radius 3 is 2.36 bits per heavy atom. The van der Waals surface area contributed by atoms with Crippen molar-refractivity contribution >= 4 is 26.0 Å². The maximum absolute atomic E-state index is 11.8. The van der Waals surface area contributed by atoms with Crippen molar-refractivity contribution < 1.29 is 8.42 Å². The lowest BCUT2D eigenvalue weighted by molar-refractivity contribution is 0.458. The van der Waals surface area contributed by atoms with Gasteiger partial charge in [-0.05, 0) is 11.8 Å². The third-order valence-electron chi connectivity index (χ3n) is 2.42. The van der Waals surface area contributed by atoms with E-state index in [1.165, 1.54) is 0 Å². The zero-order valence-corrected chi connectivity index (χ0v) is 11.3. The molecule has 1 saturated heterocycles. The fourth-order valence-corrected chi connectivity index (χ4v) is 4.25. The fourth-order valence-electron chi connectivity index (χ4n) is 1.64. The van der Waals surface area contributed by atoms with Gasteiger partial charge in [0.2, 0.25) is 10.0 Å². The minimum absolute atomic E-state index is 0.199. The second kappa shape index (κ2) is 4.49. The van der Waals surface area contributed by atoms with E-state index in [1.54, 1.807) is 4.31 Å². The first-order valence-corrected chi connectivity index (χ1v) is 7.47. The van der Waals surface area contributed by atoms with Crippen molar-refractivity contribution in [3.8, 4) is 0 Å². The average Bonchev–Trinajstić information content (AvgIpc) is 2.30. The summed E-state index contributed by atoms with van der Waals surface area (Å²) in [7, 11) is -3.02. The smallest absolute Gasteiger partial charge is 0.212 e. The van der Waals surface area contributed by atoms with E-state index in [0.717, 1.165) is 0 Å². The molecule has 0 spiro atoms. The van der Waals surface area contributed by atoms with Crippen LogP contribution in [0.15, 0.2) is 0 Å². The number of hydrogen-bond donors (Lipinski definition) is 0. The predicted octanol–water partition coefficient (Wildman–Crippen LogP) is 1.69. The Hall–Kier alpha value is 0.390. The second-order valence-electron chi connectivity index (χ2n) is 4.48.